The lowest BCUT2D eigenvalue weighted by molar-refractivity contribution is 0.0954. The number of nitrogens with one attached hydrogen (secondary N) is 1. The first-order valence-corrected chi connectivity index (χ1v) is 9.26. The molecule has 1 heterocycles. The number of benzene rings is 2. The van der Waals surface area contributed by atoms with Crippen LogP contribution in [0.2, 0.25) is 5.02 Å². The fourth-order valence-electron chi connectivity index (χ4n) is 2.34. The second-order valence-electron chi connectivity index (χ2n) is 5.66. The smallest absolute Gasteiger partial charge is 0.272 e. The molecular weight excluding hydrogens is 432 g/mol. The van der Waals surface area contributed by atoms with Gasteiger partial charge in [0, 0.05) is 4.47 Å². The first-order chi connectivity index (χ1) is 13.0. The van der Waals surface area contributed by atoms with E-state index in [1.54, 1.807) is 36.4 Å². The predicted molar refractivity (Wildman–Crippen MR) is 108 cm³/mol. The Morgan fingerprint density at radius 2 is 2.04 bits per heavy atom. The summed E-state index contributed by atoms with van der Waals surface area (Å²) in [5.74, 6) is 1.43. The number of hydrogen-bond donors (Lipinski definition) is 1. The monoisotopic (exact) mass is 446 g/mol. The van der Waals surface area contributed by atoms with E-state index in [1.807, 2.05) is 25.1 Å². The molecule has 0 aliphatic carbocycles. The summed E-state index contributed by atoms with van der Waals surface area (Å²) in [6.07, 6.45) is 1.43. The summed E-state index contributed by atoms with van der Waals surface area (Å²) in [4.78, 5) is 12.1. The van der Waals surface area contributed by atoms with E-state index in [0.717, 1.165) is 5.56 Å². The molecule has 0 radical (unpaired) electrons. The zero-order valence-electron chi connectivity index (χ0n) is 14.4. The molecular formula is C20H16BrClN2O3. The van der Waals surface area contributed by atoms with Crippen LogP contribution in [-0.2, 0) is 6.61 Å². The van der Waals surface area contributed by atoms with Gasteiger partial charge in [-0.2, -0.15) is 5.10 Å². The molecule has 1 aromatic heterocycles. The number of amides is 1. The SMILES string of the molecule is Cc1cccc(Cl)c1OCc1ccc(/C=N/NC(=O)c2ccccc2Br)o1. The van der Waals surface area contributed by atoms with Crippen molar-refractivity contribution in [3.63, 3.8) is 0 Å². The van der Waals surface area contributed by atoms with E-state index in [9.17, 15) is 4.79 Å². The van der Waals surface area contributed by atoms with E-state index in [2.05, 4.69) is 26.5 Å². The van der Waals surface area contributed by atoms with Crippen molar-refractivity contribution in [3.05, 3.63) is 86.7 Å². The second-order valence-corrected chi connectivity index (χ2v) is 6.92. The van der Waals surface area contributed by atoms with Crippen molar-refractivity contribution in [3.8, 4) is 5.75 Å². The Kier molecular flexibility index (Phi) is 6.32. The highest BCUT2D eigenvalue weighted by atomic mass is 79.9. The number of aryl methyl sites for hydroxylation is 1. The summed E-state index contributed by atoms with van der Waals surface area (Å²) in [5.41, 5.74) is 3.91. The number of rotatable bonds is 6. The van der Waals surface area contributed by atoms with Crippen LogP contribution in [0.4, 0.5) is 0 Å². The number of para-hydroxylation sites is 1. The topological polar surface area (TPSA) is 63.8 Å². The molecule has 0 saturated carbocycles. The second kappa shape index (κ2) is 8.88. The largest absolute Gasteiger partial charge is 0.484 e. The lowest BCUT2D eigenvalue weighted by atomic mass is 10.2. The third-order valence-corrected chi connectivity index (χ3v) is 4.67. The van der Waals surface area contributed by atoms with Crippen molar-refractivity contribution in [2.45, 2.75) is 13.5 Å². The fraction of sp³-hybridized carbons (Fsp3) is 0.100. The number of hydrogen-bond acceptors (Lipinski definition) is 4. The summed E-state index contributed by atoms with van der Waals surface area (Å²) in [5, 5.41) is 4.47. The summed E-state index contributed by atoms with van der Waals surface area (Å²) >= 11 is 9.47. The van der Waals surface area contributed by atoms with Gasteiger partial charge in [0.25, 0.3) is 5.91 Å². The quantitative estimate of drug-likeness (QED) is 0.409. The first-order valence-electron chi connectivity index (χ1n) is 8.09. The van der Waals surface area contributed by atoms with Gasteiger partial charge in [-0.05, 0) is 58.7 Å². The molecule has 0 saturated heterocycles. The van der Waals surface area contributed by atoms with E-state index in [4.69, 9.17) is 20.8 Å². The summed E-state index contributed by atoms with van der Waals surface area (Å²) in [6.45, 7) is 2.16. The van der Waals surface area contributed by atoms with Crippen molar-refractivity contribution in [2.24, 2.45) is 5.10 Å². The van der Waals surface area contributed by atoms with Gasteiger partial charge in [-0.1, -0.05) is 35.9 Å². The van der Waals surface area contributed by atoms with Crippen molar-refractivity contribution in [2.75, 3.05) is 0 Å². The normalized spacial score (nSPS) is 10.9. The van der Waals surface area contributed by atoms with Crippen LogP contribution in [0.3, 0.4) is 0 Å². The van der Waals surface area contributed by atoms with Gasteiger partial charge in [-0.15, -0.1) is 0 Å². The Bertz CT molecular complexity index is 965. The van der Waals surface area contributed by atoms with Gasteiger partial charge in [0.2, 0.25) is 0 Å². The highest BCUT2D eigenvalue weighted by Crippen LogP contribution is 2.28. The molecule has 138 valence electrons. The van der Waals surface area contributed by atoms with E-state index in [1.165, 1.54) is 6.21 Å². The average molecular weight is 448 g/mol. The van der Waals surface area contributed by atoms with Crippen LogP contribution < -0.4 is 10.2 Å². The maximum absolute atomic E-state index is 12.1. The summed E-state index contributed by atoms with van der Waals surface area (Å²) in [6, 6.07) is 16.2. The minimum Gasteiger partial charge on any atom is -0.484 e. The number of hydrazone groups is 1. The lowest BCUT2D eigenvalue weighted by Gasteiger charge is -2.09. The van der Waals surface area contributed by atoms with Gasteiger partial charge in [-0.25, -0.2) is 5.43 Å². The Morgan fingerprint density at radius 1 is 1.22 bits per heavy atom. The van der Waals surface area contributed by atoms with Crippen LogP contribution in [0, 0.1) is 6.92 Å². The van der Waals surface area contributed by atoms with E-state index < -0.39 is 0 Å². The summed E-state index contributed by atoms with van der Waals surface area (Å²) in [7, 11) is 0. The maximum atomic E-state index is 12.1. The molecule has 0 atom stereocenters. The molecule has 3 rings (SSSR count). The van der Waals surface area contributed by atoms with Gasteiger partial charge in [0.05, 0.1) is 16.8 Å². The van der Waals surface area contributed by atoms with Crippen LogP contribution in [0.5, 0.6) is 5.75 Å². The van der Waals surface area contributed by atoms with E-state index in [-0.39, 0.29) is 12.5 Å². The van der Waals surface area contributed by atoms with Gasteiger partial charge < -0.3 is 9.15 Å². The zero-order valence-corrected chi connectivity index (χ0v) is 16.8. The average Bonchev–Trinajstić information content (AvgIpc) is 3.09. The molecule has 3 aromatic rings. The molecule has 1 N–H and O–H groups in total. The molecule has 0 unspecified atom stereocenters. The number of nitrogens with zero attached hydrogens (tertiary/aromatic N) is 1. The van der Waals surface area contributed by atoms with Crippen LogP contribution in [-0.4, -0.2) is 12.1 Å². The molecule has 27 heavy (non-hydrogen) atoms. The molecule has 1 amide bonds. The number of ether oxygens (including phenoxy) is 1. The minimum atomic E-state index is -0.317. The van der Waals surface area contributed by atoms with Crippen LogP contribution in [0.1, 0.15) is 27.4 Å². The van der Waals surface area contributed by atoms with Gasteiger partial charge >= 0.3 is 0 Å². The first kappa shape index (κ1) is 19.2. The number of carbonyl (C=O) groups is 1. The van der Waals surface area contributed by atoms with Gasteiger partial charge in [0.15, 0.2) is 0 Å². The van der Waals surface area contributed by atoms with Crippen molar-refractivity contribution < 1.29 is 13.9 Å². The van der Waals surface area contributed by atoms with Crippen molar-refractivity contribution >= 4 is 39.7 Å². The van der Waals surface area contributed by atoms with Gasteiger partial charge in [-0.3, -0.25) is 4.79 Å². The molecule has 5 nitrogen and oxygen atoms in total. The maximum Gasteiger partial charge on any atom is 0.272 e. The fourth-order valence-corrected chi connectivity index (χ4v) is 3.09. The lowest BCUT2D eigenvalue weighted by Crippen LogP contribution is -2.17. The Morgan fingerprint density at radius 3 is 2.81 bits per heavy atom. The molecule has 2 aromatic carbocycles. The van der Waals surface area contributed by atoms with Crippen LogP contribution in [0.25, 0.3) is 0 Å². The Hall–Kier alpha value is -2.57. The molecule has 0 bridgehead atoms. The highest BCUT2D eigenvalue weighted by molar-refractivity contribution is 9.10. The number of furan rings is 1. The molecule has 0 spiro atoms. The minimum absolute atomic E-state index is 0.238. The van der Waals surface area contributed by atoms with Crippen LogP contribution >= 0.6 is 27.5 Å². The molecule has 0 aliphatic heterocycles. The van der Waals surface area contributed by atoms with Crippen molar-refractivity contribution in [1.29, 1.82) is 0 Å². The number of carbonyl (C=O) groups excluding carboxylic acids is 1. The predicted octanol–water partition coefficient (Wildman–Crippen LogP) is 5.35. The third kappa shape index (κ3) is 4.99. The third-order valence-electron chi connectivity index (χ3n) is 3.68. The van der Waals surface area contributed by atoms with Crippen LogP contribution in [0.15, 0.2) is 68.6 Å². The van der Waals surface area contributed by atoms with E-state index >= 15 is 0 Å². The zero-order chi connectivity index (χ0) is 19.2. The molecule has 0 aliphatic rings. The standard InChI is InChI=1S/C20H16BrClN2O3/c1-13-5-4-8-18(22)19(13)26-12-15-10-9-14(27-15)11-23-24-20(25)16-6-2-3-7-17(16)21/h2-11H,12H2,1H3,(H,24,25)/b23-11+. The van der Waals surface area contributed by atoms with Gasteiger partial charge in [0.1, 0.15) is 23.9 Å². The summed E-state index contributed by atoms with van der Waals surface area (Å²) < 4.78 is 12.1. The number of halogens is 2. The molecule has 0 fully saturated rings. The van der Waals surface area contributed by atoms with Crippen molar-refractivity contribution in [1.82, 2.24) is 5.43 Å². The van der Waals surface area contributed by atoms with E-state index in [0.29, 0.717) is 32.3 Å². The Balaban J connectivity index is 1.57. The Labute approximate surface area is 170 Å². The highest BCUT2D eigenvalue weighted by Gasteiger charge is 2.09. The molecule has 7 heteroatoms.